The summed E-state index contributed by atoms with van der Waals surface area (Å²) < 4.78 is 5.54. The summed E-state index contributed by atoms with van der Waals surface area (Å²) in [6.45, 7) is 4.08. The van der Waals surface area contributed by atoms with Crippen molar-refractivity contribution in [2.24, 2.45) is 5.41 Å². The molecular formula is C28H28N2O5. The van der Waals surface area contributed by atoms with Crippen LogP contribution in [-0.4, -0.2) is 36.2 Å². The molecule has 0 aliphatic heterocycles. The van der Waals surface area contributed by atoms with Gasteiger partial charge in [0.2, 0.25) is 5.91 Å². The average Bonchev–Trinajstić information content (AvgIpc) is 3.16. The number of amides is 2. The first kappa shape index (κ1) is 24.0. The van der Waals surface area contributed by atoms with Crippen molar-refractivity contribution in [3.63, 3.8) is 0 Å². The Hall–Kier alpha value is -4.13. The first-order chi connectivity index (χ1) is 16.8. The summed E-state index contributed by atoms with van der Waals surface area (Å²) in [4.78, 5) is 36.0. The zero-order valence-electron chi connectivity index (χ0n) is 19.7. The van der Waals surface area contributed by atoms with Gasteiger partial charge in [-0.15, -0.1) is 0 Å². The number of hydrogen-bond donors (Lipinski definition) is 3. The lowest BCUT2D eigenvalue weighted by Crippen LogP contribution is -2.35. The molecule has 0 saturated carbocycles. The SMILES string of the molecule is CC(C)(CCNC(=O)OCC1c2ccccc2-c2ccccc21)C(=O)Nc1ccc(C(=O)O)cc1. The molecule has 1 aliphatic rings. The monoisotopic (exact) mass is 472 g/mol. The lowest BCUT2D eigenvalue weighted by Gasteiger charge is -2.24. The van der Waals surface area contributed by atoms with Crippen molar-refractivity contribution in [3.8, 4) is 11.1 Å². The highest BCUT2D eigenvalue weighted by Gasteiger charge is 2.30. The minimum absolute atomic E-state index is 0.0112. The summed E-state index contributed by atoms with van der Waals surface area (Å²) in [6.07, 6.45) is -0.122. The minimum atomic E-state index is -1.03. The van der Waals surface area contributed by atoms with Crippen LogP contribution in [0, 0.1) is 5.41 Å². The Morgan fingerprint density at radius 3 is 2.03 bits per heavy atom. The molecule has 0 heterocycles. The van der Waals surface area contributed by atoms with Gasteiger partial charge in [-0.1, -0.05) is 62.4 Å². The highest BCUT2D eigenvalue weighted by molar-refractivity contribution is 5.95. The standard InChI is InChI=1S/C28H28N2O5/c1-28(2,26(33)30-19-13-11-18(12-14-19)25(31)32)15-16-29-27(34)35-17-24-22-9-5-3-7-20(22)21-8-4-6-10-23(21)24/h3-14,24H,15-17H2,1-2H3,(H,29,34)(H,30,33)(H,31,32). The number of hydrogen-bond acceptors (Lipinski definition) is 4. The van der Waals surface area contributed by atoms with Gasteiger partial charge in [-0.25, -0.2) is 9.59 Å². The molecule has 0 aromatic heterocycles. The third-order valence-electron chi connectivity index (χ3n) is 6.37. The van der Waals surface area contributed by atoms with Crippen molar-refractivity contribution in [1.82, 2.24) is 5.32 Å². The van der Waals surface area contributed by atoms with Gasteiger partial charge >= 0.3 is 12.1 Å². The Morgan fingerprint density at radius 2 is 1.46 bits per heavy atom. The van der Waals surface area contributed by atoms with E-state index >= 15 is 0 Å². The van der Waals surface area contributed by atoms with Crippen LogP contribution in [0.4, 0.5) is 10.5 Å². The van der Waals surface area contributed by atoms with Gasteiger partial charge in [0.25, 0.3) is 0 Å². The summed E-state index contributed by atoms with van der Waals surface area (Å²) in [5.74, 6) is -1.26. The maximum atomic E-state index is 12.7. The molecular weight excluding hydrogens is 444 g/mol. The Balaban J connectivity index is 1.27. The van der Waals surface area contributed by atoms with Crippen molar-refractivity contribution in [2.45, 2.75) is 26.2 Å². The molecule has 4 rings (SSSR count). The molecule has 0 atom stereocenters. The molecule has 3 aromatic rings. The van der Waals surface area contributed by atoms with Gasteiger partial charge in [0.05, 0.1) is 5.56 Å². The second-order valence-electron chi connectivity index (χ2n) is 9.22. The topological polar surface area (TPSA) is 105 Å². The van der Waals surface area contributed by atoms with Crippen LogP contribution in [0.2, 0.25) is 0 Å². The first-order valence-electron chi connectivity index (χ1n) is 11.5. The second kappa shape index (κ2) is 10.0. The van der Waals surface area contributed by atoms with Crippen molar-refractivity contribution >= 4 is 23.7 Å². The predicted molar refractivity (Wildman–Crippen MR) is 134 cm³/mol. The van der Waals surface area contributed by atoms with E-state index in [9.17, 15) is 14.4 Å². The quantitative estimate of drug-likeness (QED) is 0.414. The first-order valence-corrected chi connectivity index (χ1v) is 11.5. The van der Waals surface area contributed by atoms with E-state index in [-0.39, 0.29) is 30.5 Å². The van der Waals surface area contributed by atoms with Crippen LogP contribution in [-0.2, 0) is 9.53 Å². The van der Waals surface area contributed by atoms with Gasteiger partial charge in [-0.3, -0.25) is 4.79 Å². The number of nitrogens with one attached hydrogen (secondary N) is 2. The highest BCUT2D eigenvalue weighted by Crippen LogP contribution is 2.44. The molecule has 0 bridgehead atoms. The van der Waals surface area contributed by atoms with Crippen molar-refractivity contribution < 1.29 is 24.2 Å². The number of carboxylic acids is 1. The van der Waals surface area contributed by atoms with Crippen LogP contribution in [0.5, 0.6) is 0 Å². The van der Waals surface area contributed by atoms with Crippen LogP contribution in [0.25, 0.3) is 11.1 Å². The summed E-state index contributed by atoms with van der Waals surface area (Å²) >= 11 is 0. The van der Waals surface area contributed by atoms with E-state index in [1.165, 1.54) is 23.3 Å². The van der Waals surface area contributed by atoms with E-state index < -0.39 is 17.5 Å². The Kier molecular flexibility index (Phi) is 6.87. The summed E-state index contributed by atoms with van der Waals surface area (Å²) in [5.41, 5.74) is 4.53. The van der Waals surface area contributed by atoms with E-state index in [1.54, 1.807) is 26.0 Å². The zero-order valence-corrected chi connectivity index (χ0v) is 19.7. The van der Waals surface area contributed by atoms with E-state index in [2.05, 4.69) is 34.9 Å². The number of ether oxygens (including phenoxy) is 1. The molecule has 7 nitrogen and oxygen atoms in total. The number of benzene rings is 3. The van der Waals surface area contributed by atoms with Gasteiger partial charge in [-0.2, -0.15) is 0 Å². The minimum Gasteiger partial charge on any atom is -0.478 e. The summed E-state index contributed by atoms with van der Waals surface area (Å²) in [5, 5.41) is 14.5. The number of carbonyl (C=O) groups excluding carboxylic acids is 2. The normalized spacial score (nSPS) is 12.4. The van der Waals surface area contributed by atoms with Crippen molar-refractivity contribution in [2.75, 3.05) is 18.5 Å². The average molecular weight is 473 g/mol. The smallest absolute Gasteiger partial charge is 0.407 e. The predicted octanol–water partition coefficient (Wildman–Crippen LogP) is 5.28. The Bertz CT molecular complexity index is 1200. The van der Waals surface area contributed by atoms with Crippen molar-refractivity contribution in [3.05, 3.63) is 89.5 Å². The zero-order chi connectivity index (χ0) is 25.0. The van der Waals surface area contributed by atoms with Crippen LogP contribution in [0.15, 0.2) is 72.8 Å². The van der Waals surface area contributed by atoms with Crippen LogP contribution >= 0.6 is 0 Å². The third kappa shape index (κ3) is 5.35. The number of carboxylic acid groups (broad SMARTS) is 1. The summed E-state index contributed by atoms with van der Waals surface area (Å²) in [6, 6.07) is 22.3. The molecule has 0 saturated heterocycles. The molecule has 2 amide bonds. The molecule has 0 unspecified atom stereocenters. The van der Waals surface area contributed by atoms with Gasteiger partial charge in [-0.05, 0) is 52.9 Å². The number of carbonyl (C=O) groups is 3. The number of rotatable bonds is 8. The van der Waals surface area contributed by atoms with Crippen LogP contribution < -0.4 is 10.6 Å². The molecule has 0 radical (unpaired) electrons. The Labute approximate surface area is 204 Å². The maximum absolute atomic E-state index is 12.7. The van der Waals surface area contributed by atoms with E-state index in [0.29, 0.717) is 12.1 Å². The van der Waals surface area contributed by atoms with Crippen LogP contribution in [0.1, 0.15) is 47.7 Å². The lowest BCUT2D eigenvalue weighted by molar-refractivity contribution is -0.124. The summed E-state index contributed by atoms with van der Waals surface area (Å²) in [7, 11) is 0. The van der Waals surface area contributed by atoms with Gasteiger partial charge in [0, 0.05) is 23.6 Å². The Morgan fingerprint density at radius 1 is 0.886 bits per heavy atom. The van der Waals surface area contributed by atoms with Gasteiger partial charge in [0.1, 0.15) is 6.61 Å². The number of anilines is 1. The maximum Gasteiger partial charge on any atom is 0.407 e. The fourth-order valence-corrected chi connectivity index (χ4v) is 4.24. The molecule has 7 heteroatoms. The molecule has 3 aromatic carbocycles. The van der Waals surface area contributed by atoms with E-state index in [0.717, 1.165) is 11.1 Å². The third-order valence-corrected chi connectivity index (χ3v) is 6.37. The fraction of sp³-hybridized carbons (Fsp3) is 0.250. The highest BCUT2D eigenvalue weighted by atomic mass is 16.5. The molecule has 0 fully saturated rings. The van der Waals surface area contributed by atoms with E-state index in [1.807, 2.05) is 24.3 Å². The largest absolute Gasteiger partial charge is 0.478 e. The molecule has 35 heavy (non-hydrogen) atoms. The van der Waals surface area contributed by atoms with E-state index in [4.69, 9.17) is 9.84 Å². The molecule has 180 valence electrons. The molecule has 3 N–H and O–H groups in total. The molecule has 1 aliphatic carbocycles. The number of fused-ring (bicyclic) bond motifs is 3. The van der Waals surface area contributed by atoms with Crippen molar-refractivity contribution in [1.29, 1.82) is 0 Å². The van der Waals surface area contributed by atoms with Gasteiger partial charge in [0.15, 0.2) is 0 Å². The fourth-order valence-electron chi connectivity index (χ4n) is 4.24. The number of aromatic carboxylic acids is 1. The van der Waals surface area contributed by atoms with Crippen LogP contribution in [0.3, 0.4) is 0 Å². The number of alkyl carbamates (subject to hydrolysis) is 1. The lowest BCUT2D eigenvalue weighted by atomic mass is 9.88. The van der Waals surface area contributed by atoms with Gasteiger partial charge < -0.3 is 20.5 Å². The molecule has 0 spiro atoms. The second-order valence-corrected chi connectivity index (χ2v) is 9.22.